The molecule has 0 saturated carbocycles. The van der Waals surface area contributed by atoms with Crippen molar-refractivity contribution in [3.05, 3.63) is 42.7 Å². The second kappa shape index (κ2) is 7.76. The summed E-state index contributed by atoms with van der Waals surface area (Å²) in [6.07, 6.45) is 5.36. The summed E-state index contributed by atoms with van der Waals surface area (Å²) in [5.74, 6) is 0.976. The summed E-state index contributed by atoms with van der Waals surface area (Å²) in [6, 6.07) is 10.0. The van der Waals surface area contributed by atoms with Crippen molar-refractivity contribution >= 4 is 5.82 Å². The Morgan fingerprint density at radius 3 is 2.66 bits per heavy atom. The number of nitrogens with one attached hydrogen (secondary N) is 1. The van der Waals surface area contributed by atoms with Crippen molar-refractivity contribution in [3.63, 3.8) is 0 Å². The first-order valence-corrected chi connectivity index (χ1v) is 9.89. The summed E-state index contributed by atoms with van der Waals surface area (Å²) in [5, 5.41) is 31.0. The molecule has 9 heteroatoms. The lowest BCUT2D eigenvalue weighted by molar-refractivity contribution is 0.188. The lowest BCUT2D eigenvalue weighted by atomic mass is 10.1. The van der Waals surface area contributed by atoms with Gasteiger partial charge in [-0.15, -0.1) is 10.2 Å². The average Bonchev–Trinajstić information content (AvgIpc) is 3.52. The first-order chi connectivity index (χ1) is 14.3. The Balaban J connectivity index is 1.27. The molecule has 2 aliphatic rings. The first kappa shape index (κ1) is 18.0. The van der Waals surface area contributed by atoms with Crippen molar-refractivity contribution in [1.82, 2.24) is 30.5 Å². The van der Waals surface area contributed by atoms with Gasteiger partial charge in [-0.2, -0.15) is 15.0 Å². The molecule has 1 aromatic carbocycles. The van der Waals surface area contributed by atoms with E-state index in [4.69, 9.17) is 4.74 Å². The van der Waals surface area contributed by atoms with Crippen molar-refractivity contribution in [2.75, 3.05) is 31.2 Å². The zero-order chi connectivity index (χ0) is 19.6. The minimum absolute atomic E-state index is 0.117. The molecule has 0 unspecified atom stereocenters. The number of aromatic nitrogens is 5. The summed E-state index contributed by atoms with van der Waals surface area (Å²) in [6.45, 7) is 3.54. The fourth-order valence-corrected chi connectivity index (χ4v) is 3.95. The number of phenolic OH excluding ortho intramolecular Hbond substituents is 1. The number of rotatable bonds is 5. The van der Waals surface area contributed by atoms with Gasteiger partial charge in [0.15, 0.2) is 5.82 Å². The molecule has 0 amide bonds. The van der Waals surface area contributed by atoms with E-state index in [1.807, 2.05) is 18.2 Å². The van der Waals surface area contributed by atoms with E-state index in [0.717, 1.165) is 45.0 Å². The third-order valence-corrected chi connectivity index (χ3v) is 5.47. The molecule has 0 bridgehead atoms. The van der Waals surface area contributed by atoms with E-state index in [2.05, 4.69) is 30.6 Å². The van der Waals surface area contributed by atoms with Crippen LogP contribution in [0.25, 0.3) is 16.9 Å². The van der Waals surface area contributed by atoms with Crippen LogP contribution in [0.4, 0.5) is 5.82 Å². The summed E-state index contributed by atoms with van der Waals surface area (Å²) in [4.78, 5) is 3.70. The molecule has 9 nitrogen and oxygen atoms in total. The molecule has 3 aromatic rings. The molecule has 2 aromatic heterocycles. The maximum absolute atomic E-state index is 10.4. The van der Waals surface area contributed by atoms with Crippen molar-refractivity contribution in [3.8, 4) is 22.7 Å². The maximum Gasteiger partial charge on any atom is 0.151 e. The smallest absolute Gasteiger partial charge is 0.151 e. The highest BCUT2D eigenvalue weighted by Gasteiger charge is 2.27. The highest BCUT2D eigenvalue weighted by atomic mass is 16.5. The molecule has 0 aliphatic carbocycles. The molecule has 4 heterocycles. The van der Waals surface area contributed by atoms with E-state index >= 15 is 0 Å². The van der Waals surface area contributed by atoms with E-state index < -0.39 is 0 Å². The topological polar surface area (TPSA) is 101 Å². The molecule has 29 heavy (non-hydrogen) atoms. The van der Waals surface area contributed by atoms with Crippen LogP contribution in [0.15, 0.2) is 42.7 Å². The number of hydrogen-bond acceptors (Lipinski definition) is 8. The van der Waals surface area contributed by atoms with Crippen LogP contribution in [0.2, 0.25) is 0 Å². The molecular weight excluding hydrogens is 370 g/mol. The minimum Gasteiger partial charge on any atom is -0.507 e. The largest absolute Gasteiger partial charge is 0.507 e. The van der Waals surface area contributed by atoms with Crippen LogP contribution in [-0.2, 0) is 4.74 Å². The lowest BCUT2D eigenvalue weighted by Crippen LogP contribution is -2.40. The predicted octanol–water partition coefficient (Wildman–Crippen LogP) is 1.39. The number of aromatic hydroxyl groups is 1. The van der Waals surface area contributed by atoms with E-state index in [0.29, 0.717) is 29.0 Å². The van der Waals surface area contributed by atoms with Gasteiger partial charge in [0, 0.05) is 43.4 Å². The quantitative estimate of drug-likeness (QED) is 0.671. The molecule has 2 aliphatic heterocycles. The Labute approximate surface area is 168 Å². The van der Waals surface area contributed by atoms with Gasteiger partial charge in [0.2, 0.25) is 0 Å². The van der Waals surface area contributed by atoms with E-state index in [9.17, 15) is 5.11 Å². The van der Waals surface area contributed by atoms with Crippen molar-refractivity contribution < 1.29 is 9.84 Å². The van der Waals surface area contributed by atoms with E-state index in [1.54, 1.807) is 24.5 Å². The van der Waals surface area contributed by atoms with Crippen molar-refractivity contribution in [1.29, 1.82) is 0 Å². The van der Waals surface area contributed by atoms with Crippen LogP contribution in [0.5, 0.6) is 5.75 Å². The third-order valence-electron chi connectivity index (χ3n) is 5.47. The molecular formula is C20H23N7O2. The SMILES string of the molecule is Oc1cc(-n2nccn2)ccc1-c1ccc(N2CC[C@@H](N[C@H]3CCOC3)C2)nn1. The number of benzene rings is 1. The molecule has 0 radical (unpaired) electrons. The Kier molecular flexibility index (Phi) is 4.82. The highest BCUT2D eigenvalue weighted by Crippen LogP contribution is 2.30. The second-order valence-electron chi connectivity index (χ2n) is 7.46. The second-order valence-corrected chi connectivity index (χ2v) is 7.46. The Bertz CT molecular complexity index is 955. The summed E-state index contributed by atoms with van der Waals surface area (Å²) < 4.78 is 5.44. The maximum atomic E-state index is 10.4. The molecule has 5 rings (SSSR count). The molecule has 150 valence electrons. The Hall–Kier alpha value is -3.04. The van der Waals surface area contributed by atoms with Gasteiger partial charge in [0.05, 0.1) is 30.4 Å². The Morgan fingerprint density at radius 2 is 1.93 bits per heavy atom. The standard InChI is InChI=1S/C20H23N7O2/c28-19-11-16(27-21-7-8-22-27)1-2-17(19)18-3-4-20(25-24-18)26-9-5-14(12-26)23-15-6-10-29-13-15/h1-4,7-8,11,14-15,23,28H,5-6,9-10,12-13H2/t14-,15+/m1/s1. The first-order valence-electron chi connectivity index (χ1n) is 9.89. The predicted molar refractivity (Wildman–Crippen MR) is 107 cm³/mol. The van der Waals surface area contributed by atoms with E-state index in [-0.39, 0.29) is 5.75 Å². The number of phenols is 1. The van der Waals surface area contributed by atoms with Crippen LogP contribution in [-0.4, -0.2) is 68.7 Å². The monoisotopic (exact) mass is 393 g/mol. The van der Waals surface area contributed by atoms with Crippen LogP contribution in [0.1, 0.15) is 12.8 Å². The summed E-state index contributed by atoms with van der Waals surface area (Å²) in [7, 11) is 0. The fraction of sp³-hybridized carbons (Fsp3) is 0.400. The van der Waals surface area contributed by atoms with Gasteiger partial charge in [-0.3, -0.25) is 0 Å². The zero-order valence-corrected chi connectivity index (χ0v) is 16.0. The summed E-state index contributed by atoms with van der Waals surface area (Å²) in [5.41, 5.74) is 1.94. The molecule has 2 atom stereocenters. The molecule has 2 fully saturated rings. The van der Waals surface area contributed by atoms with Crippen LogP contribution in [0, 0.1) is 0 Å². The number of ether oxygens (including phenoxy) is 1. The van der Waals surface area contributed by atoms with Crippen molar-refractivity contribution in [2.24, 2.45) is 0 Å². The number of anilines is 1. The van der Waals surface area contributed by atoms with Gasteiger partial charge in [0.1, 0.15) is 5.75 Å². The fourth-order valence-electron chi connectivity index (χ4n) is 3.95. The lowest BCUT2D eigenvalue weighted by Gasteiger charge is -2.19. The number of hydrogen-bond donors (Lipinski definition) is 2. The van der Waals surface area contributed by atoms with Crippen LogP contribution >= 0.6 is 0 Å². The highest BCUT2D eigenvalue weighted by molar-refractivity contribution is 5.68. The van der Waals surface area contributed by atoms with Gasteiger partial charge >= 0.3 is 0 Å². The minimum atomic E-state index is 0.117. The van der Waals surface area contributed by atoms with Crippen molar-refractivity contribution in [2.45, 2.75) is 24.9 Å². The van der Waals surface area contributed by atoms with Gasteiger partial charge < -0.3 is 20.1 Å². The van der Waals surface area contributed by atoms with Gasteiger partial charge in [-0.25, -0.2) is 0 Å². The summed E-state index contributed by atoms with van der Waals surface area (Å²) >= 11 is 0. The zero-order valence-electron chi connectivity index (χ0n) is 16.0. The van der Waals surface area contributed by atoms with Gasteiger partial charge in [-0.1, -0.05) is 0 Å². The molecule has 2 saturated heterocycles. The molecule has 2 N–H and O–H groups in total. The molecule has 0 spiro atoms. The van der Waals surface area contributed by atoms with Crippen LogP contribution in [0.3, 0.4) is 0 Å². The normalized spacial score (nSPS) is 21.7. The average molecular weight is 393 g/mol. The van der Waals surface area contributed by atoms with Gasteiger partial charge in [0.25, 0.3) is 0 Å². The van der Waals surface area contributed by atoms with E-state index in [1.165, 1.54) is 4.80 Å². The Morgan fingerprint density at radius 1 is 1.03 bits per heavy atom. The number of nitrogens with zero attached hydrogens (tertiary/aromatic N) is 6. The van der Waals surface area contributed by atoms with Crippen LogP contribution < -0.4 is 10.2 Å². The third kappa shape index (κ3) is 3.79. The van der Waals surface area contributed by atoms with Gasteiger partial charge in [-0.05, 0) is 37.1 Å².